The molecule has 0 radical (unpaired) electrons. The summed E-state index contributed by atoms with van der Waals surface area (Å²) in [6, 6.07) is 19.3. The summed E-state index contributed by atoms with van der Waals surface area (Å²) in [6.45, 7) is 2.23. The molecule has 2 rings (SSSR count). The van der Waals surface area contributed by atoms with Gasteiger partial charge >= 0.3 is 5.97 Å². The van der Waals surface area contributed by atoms with Crippen LogP contribution in [0.2, 0.25) is 0 Å². The van der Waals surface area contributed by atoms with Crippen molar-refractivity contribution >= 4 is 5.97 Å². The predicted molar refractivity (Wildman–Crippen MR) is 99.3 cm³/mol. The van der Waals surface area contributed by atoms with Gasteiger partial charge in [0, 0.05) is 0 Å². The molecule has 0 amide bonds. The average molecular weight is 324 g/mol. The molecule has 2 heteroatoms. The third-order valence-electron chi connectivity index (χ3n) is 4.29. The first kappa shape index (κ1) is 18.3. The van der Waals surface area contributed by atoms with Crippen LogP contribution >= 0.6 is 0 Å². The SMILES string of the molecule is CCCCCCCCC(C(=O)Oc1ccccc1)c1ccccc1. The molecule has 24 heavy (non-hydrogen) atoms. The highest BCUT2D eigenvalue weighted by molar-refractivity contribution is 5.80. The molecule has 128 valence electrons. The number of hydrogen-bond acceptors (Lipinski definition) is 2. The van der Waals surface area contributed by atoms with Gasteiger partial charge in [-0.15, -0.1) is 0 Å². The van der Waals surface area contributed by atoms with Gasteiger partial charge in [0.25, 0.3) is 0 Å². The molecule has 0 spiro atoms. The fourth-order valence-corrected chi connectivity index (χ4v) is 2.91. The molecule has 0 saturated heterocycles. The first-order chi connectivity index (χ1) is 11.8. The lowest BCUT2D eigenvalue weighted by atomic mass is 9.93. The summed E-state index contributed by atoms with van der Waals surface area (Å²) in [4.78, 5) is 12.7. The van der Waals surface area contributed by atoms with Crippen molar-refractivity contribution in [1.82, 2.24) is 0 Å². The Balaban J connectivity index is 1.94. The molecule has 2 aromatic rings. The second kappa shape index (κ2) is 10.6. The molecule has 0 heterocycles. The highest BCUT2D eigenvalue weighted by Gasteiger charge is 2.22. The normalized spacial score (nSPS) is 11.9. The smallest absolute Gasteiger partial charge is 0.318 e. The molecule has 0 saturated carbocycles. The standard InChI is InChI=1S/C22H28O2/c1-2-3-4-5-6-13-18-21(19-14-9-7-10-15-19)22(23)24-20-16-11-8-12-17-20/h7-12,14-17,21H,2-6,13,18H2,1H3. The van der Waals surface area contributed by atoms with Crippen molar-refractivity contribution in [3.63, 3.8) is 0 Å². The molecule has 0 bridgehead atoms. The van der Waals surface area contributed by atoms with E-state index in [1.54, 1.807) is 0 Å². The molecule has 0 aliphatic carbocycles. The summed E-state index contributed by atoms with van der Waals surface area (Å²) in [5.41, 5.74) is 1.05. The minimum absolute atomic E-state index is 0.152. The van der Waals surface area contributed by atoms with Gasteiger partial charge in [0.1, 0.15) is 5.75 Å². The van der Waals surface area contributed by atoms with Gasteiger partial charge in [0.15, 0.2) is 0 Å². The van der Waals surface area contributed by atoms with Crippen LogP contribution in [0.5, 0.6) is 5.75 Å². The van der Waals surface area contributed by atoms with E-state index in [2.05, 4.69) is 6.92 Å². The number of ether oxygens (including phenoxy) is 1. The maximum Gasteiger partial charge on any atom is 0.318 e. The number of esters is 1. The Morgan fingerprint density at radius 1 is 0.833 bits per heavy atom. The van der Waals surface area contributed by atoms with Crippen molar-refractivity contribution in [3.05, 3.63) is 66.2 Å². The zero-order valence-corrected chi connectivity index (χ0v) is 14.6. The van der Waals surface area contributed by atoms with Crippen molar-refractivity contribution in [3.8, 4) is 5.75 Å². The number of carbonyl (C=O) groups excluding carboxylic acids is 1. The fraction of sp³-hybridized carbons (Fsp3) is 0.409. The van der Waals surface area contributed by atoms with E-state index in [-0.39, 0.29) is 11.9 Å². The van der Waals surface area contributed by atoms with Gasteiger partial charge in [0.05, 0.1) is 5.92 Å². The molecule has 0 aromatic heterocycles. The summed E-state index contributed by atoms with van der Waals surface area (Å²) < 4.78 is 5.59. The van der Waals surface area contributed by atoms with Gasteiger partial charge in [-0.25, -0.2) is 0 Å². The summed E-state index contributed by atoms with van der Waals surface area (Å²) in [7, 11) is 0. The number of unbranched alkanes of at least 4 members (excludes halogenated alkanes) is 5. The predicted octanol–water partition coefficient (Wildman–Crippen LogP) is 6.13. The van der Waals surface area contributed by atoms with E-state index in [1.807, 2.05) is 60.7 Å². The molecule has 0 fully saturated rings. The fourth-order valence-electron chi connectivity index (χ4n) is 2.91. The first-order valence-corrected chi connectivity index (χ1v) is 9.13. The van der Waals surface area contributed by atoms with Gasteiger partial charge < -0.3 is 4.74 Å². The molecule has 0 aliphatic heterocycles. The number of carbonyl (C=O) groups is 1. The molecule has 0 aliphatic rings. The zero-order chi connectivity index (χ0) is 17.0. The minimum atomic E-state index is -0.183. The Labute approximate surface area is 145 Å². The molecule has 1 unspecified atom stereocenters. The zero-order valence-electron chi connectivity index (χ0n) is 14.6. The molecule has 2 aromatic carbocycles. The van der Waals surface area contributed by atoms with E-state index in [9.17, 15) is 4.79 Å². The van der Waals surface area contributed by atoms with Crippen molar-refractivity contribution in [2.24, 2.45) is 0 Å². The van der Waals surface area contributed by atoms with Crippen LogP contribution in [0.1, 0.15) is 63.4 Å². The molecule has 2 nitrogen and oxygen atoms in total. The lowest BCUT2D eigenvalue weighted by Crippen LogP contribution is -2.19. The van der Waals surface area contributed by atoms with Crippen molar-refractivity contribution < 1.29 is 9.53 Å². The van der Waals surface area contributed by atoms with Crippen LogP contribution in [-0.2, 0) is 4.79 Å². The van der Waals surface area contributed by atoms with Gasteiger partial charge in [-0.3, -0.25) is 4.79 Å². The quantitative estimate of drug-likeness (QED) is 0.299. The van der Waals surface area contributed by atoms with Crippen molar-refractivity contribution in [1.29, 1.82) is 0 Å². The van der Waals surface area contributed by atoms with Crippen LogP contribution in [0.3, 0.4) is 0 Å². The maximum absolute atomic E-state index is 12.7. The lowest BCUT2D eigenvalue weighted by molar-refractivity contribution is -0.136. The van der Waals surface area contributed by atoms with Crippen LogP contribution in [-0.4, -0.2) is 5.97 Å². The minimum Gasteiger partial charge on any atom is -0.426 e. The first-order valence-electron chi connectivity index (χ1n) is 9.13. The highest BCUT2D eigenvalue weighted by Crippen LogP contribution is 2.25. The number of benzene rings is 2. The topological polar surface area (TPSA) is 26.3 Å². The Bertz CT molecular complexity index is 577. The number of hydrogen-bond donors (Lipinski definition) is 0. The van der Waals surface area contributed by atoms with E-state index in [1.165, 1.54) is 32.1 Å². The van der Waals surface area contributed by atoms with E-state index in [0.717, 1.165) is 18.4 Å². The highest BCUT2D eigenvalue weighted by atomic mass is 16.5. The number of para-hydroxylation sites is 1. The maximum atomic E-state index is 12.7. The molecule has 1 atom stereocenters. The average Bonchev–Trinajstić information content (AvgIpc) is 2.62. The Morgan fingerprint density at radius 2 is 1.42 bits per heavy atom. The van der Waals surface area contributed by atoms with Crippen molar-refractivity contribution in [2.75, 3.05) is 0 Å². The Hall–Kier alpha value is -2.09. The second-order valence-electron chi connectivity index (χ2n) is 6.25. The summed E-state index contributed by atoms with van der Waals surface area (Å²) in [5, 5.41) is 0. The molecular formula is C22H28O2. The summed E-state index contributed by atoms with van der Waals surface area (Å²) in [6.07, 6.45) is 8.20. The van der Waals surface area contributed by atoms with E-state index in [4.69, 9.17) is 4.74 Å². The van der Waals surface area contributed by atoms with Gasteiger partial charge in [-0.1, -0.05) is 94.0 Å². The monoisotopic (exact) mass is 324 g/mol. The van der Waals surface area contributed by atoms with Gasteiger partial charge in [0.2, 0.25) is 0 Å². The molecular weight excluding hydrogens is 296 g/mol. The number of rotatable bonds is 10. The Morgan fingerprint density at radius 3 is 2.08 bits per heavy atom. The van der Waals surface area contributed by atoms with Crippen LogP contribution < -0.4 is 4.74 Å². The van der Waals surface area contributed by atoms with Crippen LogP contribution in [0, 0.1) is 0 Å². The summed E-state index contributed by atoms with van der Waals surface area (Å²) in [5.74, 6) is 0.282. The van der Waals surface area contributed by atoms with E-state index < -0.39 is 0 Å². The lowest BCUT2D eigenvalue weighted by Gasteiger charge is -2.16. The van der Waals surface area contributed by atoms with Gasteiger partial charge in [-0.2, -0.15) is 0 Å². The van der Waals surface area contributed by atoms with Crippen LogP contribution in [0.15, 0.2) is 60.7 Å². The van der Waals surface area contributed by atoms with Crippen LogP contribution in [0.25, 0.3) is 0 Å². The second-order valence-corrected chi connectivity index (χ2v) is 6.25. The third kappa shape index (κ3) is 6.19. The largest absolute Gasteiger partial charge is 0.426 e. The summed E-state index contributed by atoms with van der Waals surface area (Å²) >= 11 is 0. The van der Waals surface area contributed by atoms with Gasteiger partial charge in [-0.05, 0) is 24.1 Å². The van der Waals surface area contributed by atoms with Crippen LogP contribution in [0.4, 0.5) is 0 Å². The van der Waals surface area contributed by atoms with Crippen molar-refractivity contribution in [2.45, 2.75) is 57.8 Å². The van der Waals surface area contributed by atoms with E-state index in [0.29, 0.717) is 5.75 Å². The third-order valence-corrected chi connectivity index (χ3v) is 4.29. The molecule has 0 N–H and O–H groups in total. The Kier molecular flexibility index (Phi) is 8.09. The van der Waals surface area contributed by atoms with E-state index >= 15 is 0 Å².